The van der Waals surface area contributed by atoms with E-state index >= 15 is 0 Å². The summed E-state index contributed by atoms with van der Waals surface area (Å²) in [4.78, 5) is 0.0789. The normalized spacial score (nSPS) is 12.7. The molecule has 1 N–H and O–H groups in total. The van der Waals surface area contributed by atoms with Crippen molar-refractivity contribution in [3.63, 3.8) is 0 Å². The summed E-state index contributed by atoms with van der Waals surface area (Å²) in [5.41, 5.74) is 1.66. The second-order valence-corrected chi connectivity index (χ2v) is 9.15. The molecule has 0 saturated heterocycles. The third kappa shape index (κ3) is 5.84. The molecule has 0 bridgehead atoms. The van der Waals surface area contributed by atoms with Gasteiger partial charge >= 0.3 is 0 Å². The highest BCUT2D eigenvalue weighted by molar-refractivity contribution is 7.89. The fourth-order valence-electron chi connectivity index (χ4n) is 3.09. The van der Waals surface area contributed by atoms with Gasteiger partial charge in [-0.2, -0.15) is 9.40 Å². The average molecular weight is 446 g/mol. The predicted octanol–water partition coefficient (Wildman–Crippen LogP) is 2.67. The van der Waals surface area contributed by atoms with Crippen LogP contribution in [0.5, 0.6) is 11.5 Å². The average Bonchev–Trinajstić information content (AvgIpc) is 3.23. The van der Waals surface area contributed by atoms with Crippen LogP contribution in [-0.2, 0) is 29.7 Å². The van der Waals surface area contributed by atoms with Gasteiger partial charge in [0.05, 0.1) is 33.1 Å². The molecule has 0 aliphatic rings. The Morgan fingerprint density at radius 1 is 0.968 bits per heavy atom. The number of nitrogens with zero attached hydrogens (tertiary/aromatic N) is 3. The van der Waals surface area contributed by atoms with E-state index in [0.29, 0.717) is 11.5 Å². The third-order valence-electron chi connectivity index (χ3n) is 4.73. The minimum absolute atomic E-state index is 0.0789. The standard InChI is InChI=1S/C22H27N3O5S/c1-17(26)13-24-16-22(12-23-24)31(27,28)25(14-18-4-8-20(29-2)9-5-18)15-19-6-10-21(30-3)11-7-19/h4-12,16-17,26H,13-15H2,1-3H3. The largest absolute Gasteiger partial charge is 0.497 e. The first-order chi connectivity index (χ1) is 14.8. The Kier molecular flexibility index (Phi) is 7.32. The zero-order chi connectivity index (χ0) is 22.4. The van der Waals surface area contributed by atoms with E-state index in [-0.39, 0.29) is 24.5 Å². The lowest BCUT2D eigenvalue weighted by Crippen LogP contribution is -2.30. The number of hydrogen-bond donors (Lipinski definition) is 1. The monoisotopic (exact) mass is 445 g/mol. The molecule has 31 heavy (non-hydrogen) atoms. The number of methoxy groups -OCH3 is 2. The van der Waals surface area contributed by atoms with E-state index in [1.165, 1.54) is 21.4 Å². The van der Waals surface area contributed by atoms with Crippen molar-refractivity contribution < 1.29 is 23.0 Å². The number of aromatic nitrogens is 2. The Bertz CT molecular complexity index is 1030. The van der Waals surface area contributed by atoms with Crippen molar-refractivity contribution in [1.82, 2.24) is 14.1 Å². The Balaban J connectivity index is 1.91. The first-order valence-corrected chi connectivity index (χ1v) is 11.2. The molecule has 0 aliphatic carbocycles. The second-order valence-electron chi connectivity index (χ2n) is 7.22. The van der Waals surface area contributed by atoms with Gasteiger partial charge in [-0.1, -0.05) is 24.3 Å². The van der Waals surface area contributed by atoms with Crippen LogP contribution in [0.2, 0.25) is 0 Å². The molecule has 0 fully saturated rings. The third-order valence-corrected chi connectivity index (χ3v) is 6.48. The topological polar surface area (TPSA) is 93.9 Å². The maximum absolute atomic E-state index is 13.4. The van der Waals surface area contributed by atoms with Crippen LogP contribution >= 0.6 is 0 Å². The summed E-state index contributed by atoms with van der Waals surface area (Å²) in [6.07, 6.45) is 2.12. The van der Waals surface area contributed by atoms with Crippen molar-refractivity contribution in [2.24, 2.45) is 0 Å². The smallest absolute Gasteiger partial charge is 0.246 e. The van der Waals surface area contributed by atoms with Crippen molar-refractivity contribution in [3.8, 4) is 11.5 Å². The van der Waals surface area contributed by atoms with Crippen LogP contribution in [0.25, 0.3) is 0 Å². The minimum Gasteiger partial charge on any atom is -0.497 e. The van der Waals surface area contributed by atoms with Gasteiger partial charge < -0.3 is 14.6 Å². The quantitative estimate of drug-likeness (QED) is 0.516. The molecule has 2 aromatic carbocycles. The van der Waals surface area contributed by atoms with E-state index < -0.39 is 16.1 Å². The second kappa shape index (κ2) is 9.95. The zero-order valence-electron chi connectivity index (χ0n) is 17.8. The van der Waals surface area contributed by atoms with Crippen molar-refractivity contribution in [3.05, 3.63) is 72.1 Å². The number of aliphatic hydroxyl groups is 1. The molecule has 1 heterocycles. The van der Waals surface area contributed by atoms with Gasteiger partial charge in [-0.05, 0) is 42.3 Å². The van der Waals surface area contributed by atoms with Crippen LogP contribution in [0.15, 0.2) is 65.8 Å². The van der Waals surface area contributed by atoms with Gasteiger partial charge in [0.1, 0.15) is 16.4 Å². The molecule has 166 valence electrons. The van der Waals surface area contributed by atoms with E-state index in [4.69, 9.17) is 9.47 Å². The number of rotatable bonds is 10. The molecule has 0 radical (unpaired) electrons. The first kappa shape index (κ1) is 22.8. The van der Waals surface area contributed by atoms with Crippen LogP contribution < -0.4 is 9.47 Å². The Labute approximate surface area is 182 Å². The van der Waals surface area contributed by atoms with Crippen molar-refractivity contribution in [2.75, 3.05) is 14.2 Å². The highest BCUT2D eigenvalue weighted by Gasteiger charge is 2.27. The summed E-state index contributed by atoms with van der Waals surface area (Å²) in [7, 11) is -0.671. The molecule has 0 aliphatic heterocycles. The van der Waals surface area contributed by atoms with Crippen molar-refractivity contribution >= 4 is 10.0 Å². The van der Waals surface area contributed by atoms with Crippen LogP contribution in [0.3, 0.4) is 0 Å². The molecule has 8 nitrogen and oxygen atoms in total. The number of benzene rings is 2. The molecule has 1 aromatic heterocycles. The molecule has 3 rings (SSSR count). The predicted molar refractivity (Wildman–Crippen MR) is 116 cm³/mol. The number of ether oxygens (including phenoxy) is 2. The number of aliphatic hydroxyl groups excluding tert-OH is 1. The first-order valence-electron chi connectivity index (χ1n) is 9.78. The Morgan fingerprint density at radius 3 is 1.87 bits per heavy atom. The van der Waals surface area contributed by atoms with Crippen molar-refractivity contribution in [1.29, 1.82) is 0 Å². The molecule has 3 aromatic rings. The molecule has 0 spiro atoms. The van der Waals surface area contributed by atoms with Gasteiger partial charge in [0.15, 0.2) is 0 Å². The summed E-state index contributed by atoms with van der Waals surface area (Å²) in [6.45, 7) is 2.20. The lowest BCUT2D eigenvalue weighted by molar-refractivity contribution is 0.168. The fourth-order valence-corrected chi connectivity index (χ4v) is 4.46. The summed E-state index contributed by atoms with van der Waals surface area (Å²) in [5, 5.41) is 13.6. The molecule has 1 atom stereocenters. The van der Waals surface area contributed by atoms with Gasteiger partial charge in [-0.3, -0.25) is 4.68 Å². The van der Waals surface area contributed by atoms with Gasteiger partial charge in [-0.25, -0.2) is 8.42 Å². The molecular formula is C22H27N3O5S. The lowest BCUT2D eigenvalue weighted by atomic mass is 10.2. The minimum atomic E-state index is -3.84. The fraction of sp³-hybridized carbons (Fsp3) is 0.318. The molecule has 0 amide bonds. The van der Waals surface area contributed by atoms with E-state index in [1.54, 1.807) is 45.4 Å². The molecule has 0 saturated carbocycles. The zero-order valence-corrected chi connectivity index (χ0v) is 18.6. The van der Waals surface area contributed by atoms with Gasteiger partial charge in [0.25, 0.3) is 0 Å². The number of sulfonamides is 1. The van der Waals surface area contributed by atoms with E-state index in [1.807, 2.05) is 24.3 Å². The Morgan fingerprint density at radius 2 is 1.45 bits per heavy atom. The Hall–Kier alpha value is -2.88. The molecule has 1 unspecified atom stereocenters. The highest BCUT2D eigenvalue weighted by Crippen LogP contribution is 2.23. The van der Waals surface area contributed by atoms with Crippen LogP contribution in [-0.4, -0.2) is 47.9 Å². The van der Waals surface area contributed by atoms with Gasteiger partial charge in [-0.15, -0.1) is 0 Å². The van der Waals surface area contributed by atoms with Gasteiger partial charge in [0.2, 0.25) is 10.0 Å². The van der Waals surface area contributed by atoms with Crippen LogP contribution in [0, 0.1) is 0 Å². The maximum atomic E-state index is 13.4. The molecule has 9 heteroatoms. The van der Waals surface area contributed by atoms with Crippen LogP contribution in [0.1, 0.15) is 18.1 Å². The lowest BCUT2D eigenvalue weighted by Gasteiger charge is -2.22. The van der Waals surface area contributed by atoms with E-state index in [9.17, 15) is 13.5 Å². The van der Waals surface area contributed by atoms with Gasteiger partial charge in [0, 0.05) is 19.3 Å². The highest BCUT2D eigenvalue weighted by atomic mass is 32.2. The number of hydrogen-bond acceptors (Lipinski definition) is 6. The summed E-state index contributed by atoms with van der Waals surface area (Å²) < 4.78 is 40.1. The summed E-state index contributed by atoms with van der Waals surface area (Å²) >= 11 is 0. The summed E-state index contributed by atoms with van der Waals surface area (Å²) in [5.74, 6) is 1.40. The van der Waals surface area contributed by atoms with Crippen molar-refractivity contribution in [2.45, 2.75) is 37.6 Å². The summed E-state index contributed by atoms with van der Waals surface area (Å²) in [6, 6.07) is 14.6. The van der Waals surface area contributed by atoms with E-state index in [0.717, 1.165) is 11.1 Å². The SMILES string of the molecule is COc1ccc(CN(Cc2ccc(OC)cc2)S(=O)(=O)c2cnn(CC(C)O)c2)cc1. The molecular weight excluding hydrogens is 418 g/mol. The maximum Gasteiger partial charge on any atom is 0.246 e. The van der Waals surface area contributed by atoms with Crippen LogP contribution in [0.4, 0.5) is 0 Å². The van der Waals surface area contributed by atoms with E-state index in [2.05, 4.69) is 5.10 Å².